The van der Waals surface area contributed by atoms with Crippen LogP contribution in [0.5, 0.6) is 0 Å². The van der Waals surface area contributed by atoms with Crippen LogP contribution < -0.4 is 5.32 Å². The molecule has 6 nitrogen and oxygen atoms in total. The highest BCUT2D eigenvalue weighted by Gasteiger charge is 2.11. The van der Waals surface area contributed by atoms with Gasteiger partial charge in [0.1, 0.15) is 5.82 Å². The minimum Gasteiger partial charge on any atom is -0.341 e. The zero-order valence-corrected chi connectivity index (χ0v) is 15.7. The number of amides is 1. The Morgan fingerprint density at radius 2 is 1.96 bits per heavy atom. The first-order chi connectivity index (χ1) is 12.7. The highest BCUT2D eigenvalue weighted by Crippen LogP contribution is 2.28. The average molecular weight is 402 g/mol. The molecule has 0 unspecified atom stereocenters. The van der Waals surface area contributed by atoms with Crippen LogP contribution in [0.1, 0.15) is 16.2 Å². The Hall–Kier alpha value is -2.42. The molecule has 0 radical (unpaired) electrons. The second-order valence-corrected chi connectivity index (χ2v) is 7.96. The van der Waals surface area contributed by atoms with E-state index in [1.54, 1.807) is 24.3 Å². The summed E-state index contributed by atoms with van der Waals surface area (Å²) in [5.74, 6) is 1.28. The van der Waals surface area contributed by atoms with Crippen molar-refractivity contribution in [3.05, 3.63) is 64.9 Å². The minimum atomic E-state index is -0.244. The smallest absolute Gasteiger partial charge is 0.257 e. The van der Waals surface area contributed by atoms with Gasteiger partial charge in [-0.25, -0.2) is 4.98 Å². The van der Waals surface area contributed by atoms with Crippen molar-refractivity contribution in [1.82, 2.24) is 20.2 Å². The van der Waals surface area contributed by atoms with Crippen molar-refractivity contribution in [3.8, 4) is 0 Å². The molecule has 0 saturated heterocycles. The summed E-state index contributed by atoms with van der Waals surface area (Å²) in [6.45, 7) is 0. The minimum absolute atomic E-state index is 0.244. The topological polar surface area (TPSA) is 83.6 Å². The van der Waals surface area contributed by atoms with E-state index < -0.39 is 0 Å². The summed E-state index contributed by atoms with van der Waals surface area (Å²) in [6.07, 6.45) is 0. The molecule has 130 valence electrons. The Kier molecular flexibility index (Phi) is 4.87. The van der Waals surface area contributed by atoms with Crippen molar-refractivity contribution in [2.24, 2.45) is 0 Å². The standard InChI is InChI=1S/C17H12ClN5OS2/c18-11-7-5-10(6-8-11)15(24)21-16-22-23-17(26-16)25-9-14-19-12-3-1-2-4-13(12)20-14/h1-8H,9H2,(H,19,20)(H,21,22,24). The third-order valence-corrected chi connectivity index (χ3v) is 5.74. The monoisotopic (exact) mass is 401 g/mol. The molecule has 1 amide bonds. The fraction of sp³-hybridized carbons (Fsp3) is 0.0588. The number of H-pyrrole nitrogens is 1. The van der Waals surface area contributed by atoms with Gasteiger partial charge in [-0.2, -0.15) is 0 Å². The van der Waals surface area contributed by atoms with Crippen LogP contribution >= 0.6 is 34.7 Å². The number of fused-ring (bicyclic) bond motifs is 1. The first-order valence-electron chi connectivity index (χ1n) is 7.64. The molecule has 26 heavy (non-hydrogen) atoms. The van der Waals surface area contributed by atoms with E-state index >= 15 is 0 Å². The summed E-state index contributed by atoms with van der Waals surface area (Å²) >= 11 is 8.67. The number of nitrogens with one attached hydrogen (secondary N) is 2. The van der Waals surface area contributed by atoms with Gasteiger partial charge in [0.25, 0.3) is 5.91 Å². The summed E-state index contributed by atoms with van der Waals surface area (Å²) < 4.78 is 0.761. The summed E-state index contributed by atoms with van der Waals surface area (Å²) in [6, 6.07) is 14.6. The maximum Gasteiger partial charge on any atom is 0.257 e. The fourth-order valence-electron chi connectivity index (χ4n) is 2.29. The molecule has 0 aliphatic rings. The molecule has 2 N–H and O–H groups in total. The number of aromatic amines is 1. The maximum atomic E-state index is 12.2. The lowest BCUT2D eigenvalue weighted by Gasteiger charge is -2.00. The Morgan fingerprint density at radius 3 is 2.77 bits per heavy atom. The molecule has 0 saturated carbocycles. The Bertz CT molecular complexity index is 1030. The second-order valence-electron chi connectivity index (χ2n) is 5.32. The highest BCUT2D eigenvalue weighted by molar-refractivity contribution is 8.00. The second kappa shape index (κ2) is 7.45. The number of anilines is 1. The number of aromatic nitrogens is 4. The van der Waals surface area contributed by atoms with Crippen molar-refractivity contribution < 1.29 is 4.79 Å². The highest BCUT2D eigenvalue weighted by atomic mass is 35.5. The number of rotatable bonds is 5. The van der Waals surface area contributed by atoms with E-state index in [4.69, 9.17) is 11.6 Å². The van der Waals surface area contributed by atoms with Crippen LogP contribution in [0.15, 0.2) is 52.9 Å². The molecule has 2 heterocycles. The molecular formula is C17H12ClN5OS2. The summed E-state index contributed by atoms with van der Waals surface area (Å²) in [5.41, 5.74) is 2.47. The summed E-state index contributed by atoms with van der Waals surface area (Å²) in [7, 11) is 0. The van der Waals surface area contributed by atoms with Crippen LogP contribution in [0.3, 0.4) is 0 Å². The number of benzene rings is 2. The third kappa shape index (κ3) is 3.87. The zero-order chi connectivity index (χ0) is 17.9. The fourth-order valence-corrected chi connectivity index (χ4v) is 4.04. The average Bonchev–Trinajstić information content (AvgIpc) is 3.26. The lowest BCUT2D eigenvalue weighted by Crippen LogP contribution is -2.11. The van der Waals surface area contributed by atoms with Crippen molar-refractivity contribution in [3.63, 3.8) is 0 Å². The Labute approximate surface area is 162 Å². The molecule has 4 rings (SSSR count). The van der Waals surface area contributed by atoms with Gasteiger partial charge in [-0.15, -0.1) is 10.2 Å². The van der Waals surface area contributed by atoms with Gasteiger partial charge in [0, 0.05) is 10.6 Å². The Morgan fingerprint density at radius 1 is 1.15 bits per heavy atom. The quantitative estimate of drug-likeness (QED) is 0.376. The van der Waals surface area contributed by atoms with Gasteiger partial charge >= 0.3 is 0 Å². The van der Waals surface area contributed by atoms with Crippen LogP contribution in [-0.2, 0) is 5.75 Å². The van der Waals surface area contributed by atoms with Crippen LogP contribution in [-0.4, -0.2) is 26.1 Å². The van der Waals surface area contributed by atoms with Gasteiger partial charge in [0.15, 0.2) is 4.34 Å². The number of nitrogens with zero attached hydrogens (tertiary/aromatic N) is 3. The number of para-hydroxylation sites is 2. The summed E-state index contributed by atoms with van der Waals surface area (Å²) in [5, 5.41) is 11.9. The molecule has 0 fully saturated rings. The summed E-state index contributed by atoms with van der Waals surface area (Å²) in [4.78, 5) is 20.0. The van der Waals surface area contributed by atoms with E-state index in [9.17, 15) is 4.79 Å². The van der Waals surface area contributed by atoms with E-state index in [1.165, 1.54) is 23.1 Å². The van der Waals surface area contributed by atoms with Crippen molar-refractivity contribution >= 4 is 56.8 Å². The normalized spacial score (nSPS) is 11.0. The lowest BCUT2D eigenvalue weighted by atomic mass is 10.2. The molecule has 0 bridgehead atoms. The number of hydrogen-bond donors (Lipinski definition) is 2. The number of thioether (sulfide) groups is 1. The van der Waals surface area contributed by atoms with E-state index in [-0.39, 0.29) is 5.91 Å². The molecule has 2 aromatic heterocycles. The molecule has 0 aliphatic carbocycles. The van der Waals surface area contributed by atoms with Gasteiger partial charge in [-0.05, 0) is 36.4 Å². The molecule has 4 aromatic rings. The number of imidazole rings is 1. The SMILES string of the molecule is O=C(Nc1nnc(SCc2nc3ccccc3[nH]2)s1)c1ccc(Cl)cc1. The van der Waals surface area contributed by atoms with Crippen molar-refractivity contribution in [1.29, 1.82) is 0 Å². The molecule has 2 aromatic carbocycles. The molecule has 0 atom stereocenters. The van der Waals surface area contributed by atoms with Crippen molar-refractivity contribution in [2.45, 2.75) is 10.1 Å². The lowest BCUT2D eigenvalue weighted by molar-refractivity contribution is 0.102. The van der Waals surface area contributed by atoms with Crippen molar-refractivity contribution in [2.75, 3.05) is 5.32 Å². The molecule has 9 heteroatoms. The number of carbonyl (C=O) groups is 1. The Balaban J connectivity index is 1.38. The first-order valence-corrected chi connectivity index (χ1v) is 9.82. The van der Waals surface area contributed by atoms with Gasteiger partial charge < -0.3 is 4.98 Å². The molecular weight excluding hydrogens is 390 g/mol. The van der Waals surface area contributed by atoms with E-state index in [0.717, 1.165) is 21.2 Å². The number of halogens is 1. The van der Waals surface area contributed by atoms with E-state index in [2.05, 4.69) is 25.5 Å². The zero-order valence-electron chi connectivity index (χ0n) is 13.3. The third-order valence-electron chi connectivity index (χ3n) is 3.50. The van der Waals surface area contributed by atoms with Crippen LogP contribution in [0.4, 0.5) is 5.13 Å². The van der Waals surface area contributed by atoms with Gasteiger partial charge in [0.05, 0.1) is 16.8 Å². The van der Waals surface area contributed by atoms with Gasteiger partial charge in [-0.1, -0.05) is 46.8 Å². The van der Waals surface area contributed by atoms with Crippen LogP contribution in [0.25, 0.3) is 11.0 Å². The van der Waals surface area contributed by atoms with Crippen LogP contribution in [0.2, 0.25) is 5.02 Å². The predicted molar refractivity (Wildman–Crippen MR) is 105 cm³/mol. The number of carbonyl (C=O) groups excluding carboxylic acids is 1. The largest absolute Gasteiger partial charge is 0.341 e. The van der Waals surface area contributed by atoms with Crippen LogP contribution in [0, 0.1) is 0 Å². The van der Waals surface area contributed by atoms with Gasteiger partial charge in [-0.3, -0.25) is 10.1 Å². The maximum absolute atomic E-state index is 12.2. The van der Waals surface area contributed by atoms with E-state index in [0.29, 0.717) is 21.5 Å². The molecule has 0 spiro atoms. The number of hydrogen-bond acceptors (Lipinski definition) is 6. The predicted octanol–water partition coefficient (Wildman–Crippen LogP) is 4.61. The van der Waals surface area contributed by atoms with E-state index in [1.807, 2.05) is 24.3 Å². The van der Waals surface area contributed by atoms with Gasteiger partial charge in [0.2, 0.25) is 5.13 Å². The molecule has 0 aliphatic heterocycles. The first kappa shape index (κ1) is 17.0.